The van der Waals surface area contributed by atoms with Crippen molar-refractivity contribution in [2.45, 2.75) is 18.3 Å². The van der Waals surface area contributed by atoms with Crippen molar-refractivity contribution in [2.75, 3.05) is 17.2 Å². The molecule has 0 spiro atoms. The zero-order valence-electron chi connectivity index (χ0n) is 9.91. The molecule has 19 heavy (non-hydrogen) atoms. The van der Waals surface area contributed by atoms with Gasteiger partial charge in [0.2, 0.25) is 5.91 Å². The number of rotatable bonds is 3. The molecule has 1 aliphatic rings. The van der Waals surface area contributed by atoms with Crippen LogP contribution < -0.4 is 10.6 Å². The van der Waals surface area contributed by atoms with Gasteiger partial charge in [-0.15, -0.1) is 3.89 Å². The van der Waals surface area contributed by atoms with Gasteiger partial charge in [-0.25, -0.2) is 0 Å². The highest BCUT2D eigenvalue weighted by molar-refractivity contribution is 7.87. The summed E-state index contributed by atoms with van der Waals surface area (Å²) in [4.78, 5) is 12.9. The maximum absolute atomic E-state index is 12.9. The topological polar surface area (TPSA) is 101 Å². The van der Waals surface area contributed by atoms with E-state index in [1.807, 2.05) is 0 Å². The van der Waals surface area contributed by atoms with E-state index >= 15 is 0 Å². The normalized spacial score (nSPS) is 20.0. The Bertz CT molecular complexity index is 617. The van der Waals surface area contributed by atoms with Crippen LogP contribution in [0.15, 0.2) is 18.2 Å². The third-order valence-electron chi connectivity index (χ3n) is 2.98. The number of anilines is 2. The van der Waals surface area contributed by atoms with E-state index in [2.05, 4.69) is 0 Å². The molecule has 3 N–H and O–H groups in total. The number of halogens is 1. The van der Waals surface area contributed by atoms with E-state index in [0.29, 0.717) is 16.9 Å². The third-order valence-corrected chi connectivity index (χ3v) is 4.09. The van der Waals surface area contributed by atoms with Crippen LogP contribution in [0.2, 0.25) is 0 Å². The second kappa shape index (κ2) is 4.78. The lowest BCUT2D eigenvalue weighted by Crippen LogP contribution is -2.27. The van der Waals surface area contributed by atoms with Gasteiger partial charge in [0.05, 0.1) is 6.61 Å². The minimum Gasteiger partial charge on any atom is -0.399 e. The lowest BCUT2D eigenvalue weighted by atomic mass is 10.1. The van der Waals surface area contributed by atoms with Crippen molar-refractivity contribution in [1.82, 2.24) is 0 Å². The van der Waals surface area contributed by atoms with E-state index in [9.17, 15) is 17.1 Å². The van der Waals surface area contributed by atoms with Crippen LogP contribution in [-0.4, -0.2) is 31.2 Å². The summed E-state index contributed by atoms with van der Waals surface area (Å²) in [6.07, 6.45) is -0.387. The first-order valence-corrected chi connectivity index (χ1v) is 7.00. The molecular weight excluding hydrogens is 275 g/mol. The minimum absolute atomic E-state index is 0.244. The summed E-state index contributed by atoms with van der Waals surface area (Å²) >= 11 is 0. The van der Waals surface area contributed by atoms with Crippen molar-refractivity contribution in [2.24, 2.45) is 0 Å². The van der Waals surface area contributed by atoms with Crippen LogP contribution in [0, 0.1) is 0 Å². The van der Waals surface area contributed by atoms with Crippen LogP contribution in [-0.2, 0) is 21.6 Å². The summed E-state index contributed by atoms with van der Waals surface area (Å²) in [6, 6.07) is 4.53. The summed E-state index contributed by atoms with van der Waals surface area (Å²) in [5, 5.41) is 7.71. The molecule has 1 atom stereocenters. The number of benzene rings is 1. The first kappa shape index (κ1) is 13.8. The summed E-state index contributed by atoms with van der Waals surface area (Å²) in [5.41, 5.74) is 6.82. The SMILES string of the molecule is Nc1cc(CO)cc(N2CC(S(=O)(=O)F)CC2=O)c1. The predicted molar refractivity (Wildman–Crippen MR) is 67.6 cm³/mol. The van der Waals surface area contributed by atoms with E-state index in [1.165, 1.54) is 18.2 Å². The van der Waals surface area contributed by atoms with Crippen molar-refractivity contribution >= 4 is 27.5 Å². The summed E-state index contributed by atoms with van der Waals surface area (Å²) in [7, 11) is -4.75. The van der Waals surface area contributed by atoms with E-state index < -0.39 is 21.4 Å². The number of nitrogens with zero attached hydrogens (tertiary/aromatic N) is 1. The highest BCUT2D eigenvalue weighted by atomic mass is 32.3. The number of aliphatic hydroxyl groups excluding tert-OH is 1. The number of amides is 1. The maximum atomic E-state index is 12.9. The fourth-order valence-corrected chi connectivity index (χ4v) is 2.73. The van der Waals surface area contributed by atoms with Gasteiger partial charge in [-0.05, 0) is 23.8 Å². The van der Waals surface area contributed by atoms with Crippen LogP contribution in [0.3, 0.4) is 0 Å². The summed E-state index contributed by atoms with van der Waals surface area (Å²) in [5.74, 6) is -0.485. The number of hydrogen-bond acceptors (Lipinski definition) is 5. The molecule has 104 valence electrons. The first-order valence-electron chi connectivity index (χ1n) is 5.55. The Balaban J connectivity index is 2.33. The standard InChI is InChI=1S/C11H13FN2O4S/c12-19(17,18)10-4-11(16)14(5-10)9-2-7(6-15)1-8(13)3-9/h1-3,10,15H,4-6,13H2. The van der Waals surface area contributed by atoms with Crippen molar-refractivity contribution in [3.8, 4) is 0 Å². The molecule has 0 saturated carbocycles. The molecule has 0 aliphatic carbocycles. The Labute approximate surface area is 109 Å². The van der Waals surface area contributed by atoms with Gasteiger partial charge < -0.3 is 15.7 Å². The molecule has 8 heteroatoms. The van der Waals surface area contributed by atoms with Gasteiger partial charge in [0.25, 0.3) is 0 Å². The molecule has 1 unspecified atom stereocenters. The Morgan fingerprint density at radius 1 is 1.42 bits per heavy atom. The lowest BCUT2D eigenvalue weighted by molar-refractivity contribution is -0.117. The number of hydrogen-bond donors (Lipinski definition) is 2. The van der Waals surface area contributed by atoms with Crippen molar-refractivity contribution in [1.29, 1.82) is 0 Å². The molecule has 1 fully saturated rings. The predicted octanol–water partition coefficient (Wildman–Crippen LogP) is 0.166. The highest BCUT2D eigenvalue weighted by Gasteiger charge is 2.39. The van der Waals surface area contributed by atoms with Gasteiger partial charge in [0.1, 0.15) is 5.25 Å². The zero-order valence-corrected chi connectivity index (χ0v) is 10.7. The second-order valence-corrected chi connectivity index (χ2v) is 6.01. The molecule has 1 aliphatic heterocycles. The van der Waals surface area contributed by atoms with E-state index in [-0.39, 0.29) is 19.6 Å². The quantitative estimate of drug-likeness (QED) is 0.610. The average molecular weight is 288 g/mol. The van der Waals surface area contributed by atoms with Crippen LogP contribution >= 0.6 is 0 Å². The summed E-state index contributed by atoms with van der Waals surface area (Å²) in [6.45, 7) is -0.503. The Kier molecular flexibility index (Phi) is 3.46. The molecule has 1 aromatic rings. The number of nitrogen functional groups attached to an aromatic ring is 1. The van der Waals surface area contributed by atoms with Gasteiger partial charge >= 0.3 is 10.2 Å². The molecule has 1 heterocycles. The molecule has 1 aromatic carbocycles. The highest BCUT2D eigenvalue weighted by Crippen LogP contribution is 2.28. The lowest BCUT2D eigenvalue weighted by Gasteiger charge is -2.17. The molecule has 0 bridgehead atoms. The second-order valence-electron chi connectivity index (χ2n) is 4.40. The molecule has 0 radical (unpaired) electrons. The third kappa shape index (κ3) is 2.85. The fourth-order valence-electron chi connectivity index (χ4n) is 2.06. The number of carbonyl (C=O) groups excluding carboxylic acids is 1. The smallest absolute Gasteiger partial charge is 0.307 e. The molecule has 0 aromatic heterocycles. The van der Waals surface area contributed by atoms with E-state index in [0.717, 1.165) is 4.90 Å². The van der Waals surface area contributed by atoms with Crippen molar-refractivity contribution < 1.29 is 22.2 Å². The van der Waals surface area contributed by atoms with Crippen LogP contribution in [0.5, 0.6) is 0 Å². The fraction of sp³-hybridized carbons (Fsp3) is 0.364. The van der Waals surface area contributed by atoms with Crippen molar-refractivity contribution in [3.05, 3.63) is 23.8 Å². The monoisotopic (exact) mass is 288 g/mol. The molecule has 2 rings (SSSR count). The molecule has 1 amide bonds. The Morgan fingerprint density at radius 2 is 2.11 bits per heavy atom. The van der Waals surface area contributed by atoms with Crippen LogP contribution in [0.4, 0.5) is 15.3 Å². The number of carbonyl (C=O) groups is 1. The van der Waals surface area contributed by atoms with E-state index in [4.69, 9.17) is 10.8 Å². The first-order chi connectivity index (χ1) is 8.81. The van der Waals surface area contributed by atoms with Gasteiger partial charge in [-0.2, -0.15) is 8.42 Å². The largest absolute Gasteiger partial charge is 0.399 e. The zero-order chi connectivity index (χ0) is 14.2. The number of aliphatic hydroxyl groups is 1. The van der Waals surface area contributed by atoms with Crippen LogP contribution in [0.25, 0.3) is 0 Å². The molecular formula is C11H13FN2O4S. The van der Waals surface area contributed by atoms with E-state index in [1.54, 1.807) is 0 Å². The molecule has 6 nitrogen and oxygen atoms in total. The Hall–Kier alpha value is -1.67. The maximum Gasteiger partial charge on any atom is 0.307 e. The van der Waals surface area contributed by atoms with Gasteiger partial charge in [-0.3, -0.25) is 4.79 Å². The van der Waals surface area contributed by atoms with Crippen molar-refractivity contribution in [3.63, 3.8) is 0 Å². The van der Waals surface area contributed by atoms with Gasteiger partial charge in [0.15, 0.2) is 0 Å². The van der Waals surface area contributed by atoms with Crippen LogP contribution in [0.1, 0.15) is 12.0 Å². The number of nitrogens with two attached hydrogens (primary N) is 1. The Morgan fingerprint density at radius 3 is 2.63 bits per heavy atom. The molecule has 1 saturated heterocycles. The van der Waals surface area contributed by atoms with Gasteiger partial charge in [-0.1, -0.05) is 0 Å². The van der Waals surface area contributed by atoms with Gasteiger partial charge in [0, 0.05) is 24.3 Å². The average Bonchev–Trinajstić information content (AvgIpc) is 2.70. The summed E-state index contributed by atoms with van der Waals surface area (Å²) < 4.78 is 34.6. The minimum atomic E-state index is -4.75.